The van der Waals surface area contributed by atoms with Crippen LogP contribution in [0.2, 0.25) is 0 Å². The molecule has 0 amide bonds. The van der Waals surface area contributed by atoms with Crippen molar-refractivity contribution in [1.82, 2.24) is 0 Å². The van der Waals surface area contributed by atoms with Crippen LogP contribution in [0, 0.1) is 0 Å². The van der Waals surface area contributed by atoms with Crippen molar-refractivity contribution < 1.29 is 4.42 Å². The molecule has 0 saturated carbocycles. The fraction of sp³-hybridized carbons (Fsp3) is 0.101. The van der Waals surface area contributed by atoms with Crippen molar-refractivity contribution in [2.75, 3.05) is 9.80 Å². The van der Waals surface area contributed by atoms with E-state index in [4.69, 9.17) is 4.42 Å². The molecule has 12 aromatic rings. The van der Waals surface area contributed by atoms with Crippen LogP contribution >= 0.6 is 0 Å². The summed E-state index contributed by atoms with van der Waals surface area (Å²) in [6.07, 6.45) is 0. The lowest BCUT2D eigenvalue weighted by Gasteiger charge is -2.29. The highest BCUT2D eigenvalue weighted by Crippen LogP contribution is 2.46. The summed E-state index contributed by atoms with van der Waals surface area (Å²) in [5, 5.41) is 6.76. The van der Waals surface area contributed by atoms with Crippen molar-refractivity contribution in [3.63, 3.8) is 0 Å². The molecule has 1 aromatic heterocycles. The summed E-state index contributed by atoms with van der Waals surface area (Å²) in [6.45, 7) is 11.3. The summed E-state index contributed by atoms with van der Waals surface area (Å²) >= 11 is 0. The summed E-state index contributed by atoms with van der Waals surface area (Å²) in [5.41, 5.74) is 18.1. The first-order valence-electron chi connectivity index (χ1n) is 25.2. The first kappa shape index (κ1) is 44.5. The molecule has 0 aliphatic heterocycles. The van der Waals surface area contributed by atoms with E-state index in [-0.39, 0.29) is 5.41 Å². The highest BCUT2D eigenvalue weighted by atomic mass is 16.3. The third-order valence-electron chi connectivity index (χ3n) is 14.3. The molecule has 3 nitrogen and oxygen atoms in total. The zero-order valence-corrected chi connectivity index (χ0v) is 41.5. The predicted molar refractivity (Wildman–Crippen MR) is 307 cm³/mol. The van der Waals surface area contributed by atoms with E-state index < -0.39 is 0 Å². The van der Waals surface area contributed by atoms with E-state index in [0.29, 0.717) is 5.92 Å². The van der Waals surface area contributed by atoms with Crippen molar-refractivity contribution in [2.45, 2.75) is 46.0 Å². The Morgan fingerprint density at radius 3 is 1.35 bits per heavy atom. The lowest BCUT2D eigenvalue weighted by molar-refractivity contribution is 0.590. The highest BCUT2D eigenvalue weighted by Gasteiger charge is 2.22. The van der Waals surface area contributed by atoms with E-state index in [0.717, 1.165) is 77.6 Å². The van der Waals surface area contributed by atoms with Crippen LogP contribution in [0.1, 0.15) is 51.7 Å². The summed E-state index contributed by atoms with van der Waals surface area (Å²) < 4.78 is 6.87. The Hall–Kier alpha value is -8.66. The van der Waals surface area contributed by atoms with E-state index in [2.05, 4.69) is 287 Å². The molecule has 0 N–H and O–H groups in total. The van der Waals surface area contributed by atoms with E-state index in [1.807, 2.05) is 0 Å². The molecule has 12 rings (SSSR count). The second kappa shape index (κ2) is 18.3. The van der Waals surface area contributed by atoms with Crippen LogP contribution in [0.25, 0.3) is 76.9 Å². The Labute approximate surface area is 422 Å². The van der Waals surface area contributed by atoms with Crippen LogP contribution in [0.3, 0.4) is 0 Å². The number of furan rings is 1. The minimum atomic E-state index is 0.0638. The number of rotatable bonds is 10. The molecule has 0 atom stereocenters. The number of anilines is 6. The van der Waals surface area contributed by atoms with Crippen molar-refractivity contribution in [3.05, 3.63) is 254 Å². The van der Waals surface area contributed by atoms with Crippen LogP contribution in [0.15, 0.2) is 247 Å². The van der Waals surface area contributed by atoms with Gasteiger partial charge in [-0.05, 0) is 151 Å². The van der Waals surface area contributed by atoms with Crippen LogP contribution in [-0.4, -0.2) is 0 Å². The van der Waals surface area contributed by atoms with Gasteiger partial charge in [-0.1, -0.05) is 192 Å². The molecule has 0 radical (unpaired) electrons. The first-order valence-corrected chi connectivity index (χ1v) is 25.2. The maximum atomic E-state index is 6.87. The molecule has 348 valence electrons. The van der Waals surface area contributed by atoms with Gasteiger partial charge in [0.15, 0.2) is 0 Å². The normalized spacial score (nSPS) is 11.8. The largest absolute Gasteiger partial charge is 0.456 e. The van der Waals surface area contributed by atoms with E-state index in [9.17, 15) is 0 Å². The third kappa shape index (κ3) is 8.37. The number of benzene rings is 11. The van der Waals surface area contributed by atoms with Gasteiger partial charge in [0.1, 0.15) is 11.2 Å². The van der Waals surface area contributed by atoms with E-state index >= 15 is 0 Å². The zero-order valence-electron chi connectivity index (χ0n) is 41.5. The summed E-state index contributed by atoms with van der Waals surface area (Å²) in [4.78, 5) is 4.80. The minimum Gasteiger partial charge on any atom is -0.456 e. The van der Waals surface area contributed by atoms with Crippen molar-refractivity contribution in [3.8, 4) is 33.4 Å². The lowest BCUT2D eigenvalue weighted by Crippen LogP contribution is -2.12. The predicted octanol–water partition coefficient (Wildman–Crippen LogP) is 20.3. The summed E-state index contributed by atoms with van der Waals surface area (Å²) in [7, 11) is 0. The first-order chi connectivity index (χ1) is 35.1. The molecule has 0 bridgehead atoms. The number of fused-ring (bicyclic) bond motifs is 5. The molecular formula is C69H56N2O. The van der Waals surface area contributed by atoms with Gasteiger partial charge >= 0.3 is 0 Å². The van der Waals surface area contributed by atoms with E-state index in [1.54, 1.807) is 0 Å². The zero-order chi connectivity index (χ0) is 48.9. The monoisotopic (exact) mass is 928 g/mol. The average Bonchev–Trinajstić information content (AvgIpc) is 3.76. The van der Waals surface area contributed by atoms with E-state index in [1.165, 1.54) is 44.5 Å². The average molecular weight is 929 g/mol. The number of para-hydroxylation sites is 2. The molecule has 0 unspecified atom stereocenters. The molecular weight excluding hydrogens is 873 g/mol. The molecule has 0 fully saturated rings. The van der Waals surface area contributed by atoms with Crippen LogP contribution in [0.5, 0.6) is 0 Å². The highest BCUT2D eigenvalue weighted by molar-refractivity contribution is 6.14. The minimum absolute atomic E-state index is 0.0638. The molecule has 0 aliphatic rings. The van der Waals surface area contributed by atoms with Gasteiger partial charge in [-0.15, -0.1) is 0 Å². The molecule has 0 aliphatic carbocycles. The van der Waals surface area contributed by atoms with Gasteiger partial charge in [-0.25, -0.2) is 0 Å². The van der Waals surface area contributed by atoms with Crippen molar-refractivity contribution >= 4 is 77.6 Å². The second-order valence-corrected chi connectivity index (χ2v) is 20.4. The van der Waals surface area contributed by atoms with Gasteiger partial charge in [0.05, 0.1) is 11.4 Å². The Morgan fingerprint density at radius 2 is 0.806 bits per heavy atom. The van der Waals surface area contributed by atoms with Gasteiger partial charge < -0.3 is 14.2 Å². The molecule has 0 saturated heterocycles. The standard InChI is InChI=1S/C69H56N2O/c1-46(2)47-29-35-57(36-30-47)70(65-25-14-12-23-61(65)49-19-10-7-11-20-49)59-37-31-52-42-63-64-43-53-32-38-60(41-55(53)45-68(64)72-67(63)44-54(52)40-59)71(58-22-16-21-51(39-58)48-17-8-6-9-18-48)66-26-15-13-24-62(66)50-27-33-56(34-28-50)69(3,4)5/h6-46H,1-5H3. The smallest absolute Gasteiger partial charge is 0.136 e. The molecule has 0 spiro atoms. The van der Waals surface area contributed by atoms with Crippen LogP contribution in [-0.2, 0) is 5.41 Å². The van der Waals surface area contributed by atoms with Crippen molar-refractivity contribution in [2.24, 2.45) is 0 Å². The lowest BCUT2D eigenvalue weighted by atomic mass is 9.86. The van der Waals surface area contributed by atoms with Gasteiger partial charge in [0.2, 0.25) is 0 Å². The number of hydrogen-bond donors (Lipinski definition) is 0. The maximum Gasteiger partial charge on any atom is 0.136 e. The Morgan fingerprint density at radius 1 is 0.347 bits per heavy atom. The maximum absolute atomic E-state index is 6.87. The molecule has 72 heavy (non-hydrogen) atoms. The fourth-order valence-electron chi connectivity index (χ4n) is 10.4. The topological polar surface area (TPSA) is 19.6 Å². The van der Waals surface area contributed by atoms with Crippen LogP contribution in [0.4, 0.5) is 34.1 Å². The van der Waals surface area contributed by atoms with Gasteiger partial charge in [-0.3, -0.25) is 0 Å². The Kier molecular flexibility index (Phi) is 11.3. The quantitative estimate of drug-likeness (QED) is 0.136. The fourth-order valence-corrected chi connectivity index (χ4v) is 10.4. The van der Waals surface area contributed by atoms with Crippen LogP contribution < -0.4 is 9.80 Å². The Bertz CT molecular complexity index is 3920. The van der Waals surface area contributed by atoms with Crippen molar-refractivity contribution in [1.29, 1.82) is 0 Å². The van der Waals surface area contributed by atoms with Gasteiger partial charge in [0.25, 0.3) is 0 Å². The summed E-state index contributed by atoms with van der Waals surface area (Å²) in [6, 6.07) is 88.5. The second-order valence-electron chi connectivity index (χ2n) is 20.4. The SMILES string of the molecule is CC(C)c1ccc(N(c2ccc3cc4c(cc3c2)oc2cc3cc(N(c5cccc(-c6ccccc6)c5)c5ccccc5-c5ccc(C(C)(C)C)cc5)ccc3cc24)c2ccccc2-c2ccccc2)cc1. The molecule has 1 heterocycles. The summed E-state index contributed by atoms with van der Waals surface area (Å²) in [5.74, 6) is 0.443. The third-order valence-corrected chi connectivity index (χ3v) is 14.3. The molecule has 3 heteroatoms. The number of nitrogens with zero attached hydrogens (tertiary/aromatic N) is 2. The van der Waals surface area contributed by atoms with Gasteiger partial charge in [-0.2, -0.15) is 0 Å². The van der Waals surface area contributed by atoms with Gasteiger partial charge in [0, 0.05) is 44.6 Å². The molecule has 11 aromatic carbocycles. The Balaban J connectivity index is 0.972. The number of hydrogen-bond acceptors (Lipinski definition) is 3.